The van der Waals surface area contributed by atoms with Crippen molar-refractivity contribution in [3.05, 3.63) is 36.4 Å². The molecule has 4 heteroatoms. The van der Waals surface area contributed by atoms with Crippen LogP contribution in [0.4, 0.5) is 0 Å². The van der Waals surface area contributed by atoms with E-state index in [9.17, 15) is 5.11 Å². The van der Waals surface area contributed by atoms with Crippen LogP contribution in [0.3, 0.4) is 0 Å². The molecule has 0 unspecified atom stereocenters. The summed E-state index contributed by atoms with van der Waals surface area (Å²) in [4.78, 5) is 11.9. The molecule has 1 aromatic heterocycles. The van der Waals surface area contributed by atoms with Gasteiger partial charge in [-0.1, -0.05) is 39.2 Å². The summed E-state index contributed by atoms with van der Waals surface area (Å²) in [5.74, 6) is 1.53. The standard InChI is InChI=1S/C17H23N3O/c1-13(2)6-4-3-5-7-14-8-9-15(16(21)10-14)17-19-11-18-12-20-17/h8-13,21H,3-7H2,1-2H3. The van der Waals surface area contributed by atoms with Crippen LogP contribution >= 0.6 is 0 Å². The first-order valence-corrected chi connectivity index (χ1v) is 7.61. The van der Waals surface area contributed by atoms with Gasteiger partial charge in [0.2, 0.25) is 0 Å². The molecule has 0 atom stereocenters. The van der Waals surface area contributed by atoms with Gasteiger partial charge < -0.3 is 5.11 Å². The molecule has 1 aromatic carbocycles. The molecule has 1 N–H and O–H groups in total. The Bertz CT molecular complexity index is 555. The molecule has 2 aromatic rings. The predicted octanol–water partition coefficient (Wildman–Crippen LogP) is 4.00. The number of nitrogens with zero attached hydrogens (tertiary/aromatic N) is 3. The Labute approximate surface area is 126 Å². The van der Waals surface area contributed by atoms with Gasteiger partial charge in [-0.25, -0.2) is 15.0 Å². The highest BCUT2D eigenvalue weighted by atomic mass is 16.3. The summed E-state index contributed by atoms with van der Waals surface area (Å²) in [6, 6.07) is 5.75. The van der Waals surface area contributed by atoms with Crippen LogP contribution in [0.25, 0.3) is 11.4 Å². The lowest BCUT2D eigenvalue weighted by Crippen LogP contribution is -1.92. The van der Waals surface area contributed by atoms with Gasteiger partial charge in [0, 0.05) is 0 Å². The Kier molecular flexibility index (Phi) is 5.67. The summed E-state index contributed by atoms with van der Waals surface area (Å²) < 4.78 is 0. The summed E-state index contributed by atoms with van der Waals surface area (Å²) in [7, 11) is 0. The third-order valence-corrected chi connectivity index (χ3v) is 3.54. The van der Waals surface area contributed by atoms with Crippen LogP contribution < -0.4 is 0 Å². The first kappa shape index (κ1) is 15.4. The Morgan fingerprint density at radius 2 is 1.81 bits per heavy atom. The highest BCUT2D eigenvalue weighted by molar-refractivity contribution is 5.63. The van der Waals surface area contributed by atoms with E-state index in [-0.39, 0.29) is 5.75 Å². The molecular formula is C17H23N3O. The second-order valence-electron chi connectivity index (χ2n) is 5.81. The van der Waals surface area contributed by atoms with Crippen molar-refractivity contribution in [1.29, 1.82) is 0 Å². The molecule has 0 saturated carbocycles. The van der Waals surface area contributed by atoms with Crippen molar-refractivity contribution in [2.45, 2.75) is 46.0 Å². The zero-order valence-corrected chi connectivity index (χ0v) is 12.8. The van der Waals surface area contributed by atoms with Crippen molar-refractivity contribution in [2.24, 2.45) is 5.92 Å². The zero-order valence-electron chi connectivity index (χ0n) is 12.8. The number of unbranched alkanes of at least 4 members (excludes halogenated alkanes) is 2. The van der Waals surface area contributed by atoms with Crippen molar-refractivity contribution in [3.63, 3.8) is 0 Å². The fourth-order valence-corrected chi connectivity index (χ4v) is 2.36. The van der Waals surface area contributed by atoms with Crippen molar-refractivity contribution < 1.29 is 5.11 Å². The van der Waals surface area contributed by atoms with Crippen LogP contribution in [0.2, 0.25) is 0 Å². The van der Waals surface area contributed by atoms with E-state index in [1.165, 1.54) is 31.9 Å². The number of rotatable bonds is 7. The lowest BCUT2D eigenvalue weighted by Gasteiger charge is -2.07. The van der Waals surface area contributed by atoms with Gasteiger partial charge in [0.05, 0.1) is 5.56 Å². The SMILES string of the molecule is CC(C)CCCCCc1ccc(-c2ncncn2)c(O)c1. The Morgan fingerprint density at radius 3 is 2.48 bits per heavy atom. The summed E-state index contributed by atoms with van der Waals surface area (Å²) in [6.07, 6.45) is 8.86. The summed E-state index contributed by atoms with van der Waals surface area (Å²) in [6.45, 7) is 4.52. The van der Waals surface area contributed by atoms with Crippen LogP contribution in [0.5, 0.6) is 5.75 Å². The lowest BCUT2D eigenvalue weighted by molar-refractivity contribution is 0.475. The first-order valence-electron chi connectivity index (χ1n) is 7.61. The monoisotopic (exact) mass is 285 g/mol. The van der Waals surface area contributed by atoms with Crippen LogP contribution in [-0.4, -0.2) is 20.1 Å². The number of aromatic hydroxyl groups is 1. The lowest BCUT2D eigenvalue weighted by atomic mass is 10.0. The Hall–Kier alpha value is -1.97. The molecule has 0 aliphatic carbocycles. The normalized spacial score (nSPS) is 11.0. The highest BCUT2D eigenvalue weighted by Crippen LogP contribution is 2.27. The number of aryl methyl sites for hydroxylation is 1. The second kappa shape index (κ2) is 7.72. The number of phenolic OH excluding ortho intramolecular Hbond substituents is 1. The number of aromatic nitrogens is 3. The van der Waals surface area contributed by atoms with Gasteiger partial charge in [0.25, 0.3) is 0 Å². The molecule has 0 saturated heterocycles. The maximum absolute atomic E-state index is 10.1. The molecule has 0 amide bonds. The van der Waals surface area contributed by atoms with Gasteiger partial charge in [0.15, 0.2) is 5.82 Å². The maximum atomic E-state index is 10.1. The molecule has 0 aliphatic heterocycles. The summed E-state index contributed by atoms with van der Waals surface area (Å²) in [5, 5.41) is 10.1. The molecule has 1 heterocycles. The summed E-state index contributed by atoms with van der Waals surface area (Å²) >= 11 is 0. The topological polar surface area (TPSA) is 58.9 Å². The number of hydrogen-bond donors (Lipinski definition) is 1. The molecule has 4 nitrogen and oxygen atoms in total. The molecule has 0 fully saturated rings. The van der Waals surface area contributed by atoms with Crippen LogP contribution in [0, 0.1) is 5.92 Å². The van der Waals surface area contributed by atoms with E-state index in [1.54, 1.807) is 0 Å². The average Bonchev–Trinajstić information content (AvgIpc) is 2.47. The largest absolute Gasteiger partial charge is 0.507 e. The van der Waals surface area contributed by atoms with E-state index < -0.39 is 0 Å². The second-order valence-corrected chi connectivity index (χ2v) is 5.81. The smallest absolute Gasteiger partial charge is 0.166 e. The molecule has 21 heavy (non-hydrogen) atoms. The van der Waals surface area contributed by atoms with Crippen molar-refractivity contribution in [3.8, 4) is 17.1 Å². The molecule has 0 aliphatic rings. The summed E-state index contributed by atoms with van der Waals surface area (Å²) in [5.41, 5.74) is 1.82. The van der Waals surface area contributed by atoms with Gasteiger partial charge in [-0.2, -0.15) is 0 Å². The molecule has 0 radical (unpaired) electrons. The maximum Gasteiger partial charge on any atom is 0.166 e. The quantitative estimate of drug-likeness (QED) is 0.781. The van der Waals surface area contributed by atoms with Crippen LogP contribution in [0.1, 0.15) is 45.1 Å². The molecule has 112 valence electrons. The number of hydrogen-bond acceptors (Lipinski definition) is 4. The van der Waals surface area contributed by atoms with E-state index in [2.05, 4.69) is 28.8 Å². The van der Waals surface area contributed by atoms with Crippen LogP contribution in [0.15, 0.2) is 30.9 Å². The Morgan fingerprint density at radius 1 is 1.05 bits per heavy atom. The van der Waals surface area contributed by atoms with E-state index >= 15 is 0 Å². The van der Waals surface area contributed by atoms with Gasteiger partial charge in [-0.3, -0.25) is 0 Å². The zero-order chi connectivity index (χ0) is 15.1. The molecular weight excluding hydrogens is 262 g/mol. The number of phenols is 1. The fourth-order valence-electron chi connectivity index (χ4n) is 2.36. The van der Waals surface area contributed by atoms with Gasteiger partial charge in [-0.15, -0.1) is 0 Å². The highest BCUT2D eigenvalue weighted by Gasteiger charge is 2.07. The van der Waals surface area contributed by atoms with E-state index in [1.807, 2.05) is 18.2 Å². The van der Waals surface area contributed by atoms with Crippen molar-refractivity contribution >= 4 is 0 Å². The predicted molar refractivity (Wildman–Crippen MR) is 83.9 cm³/mol. The van der Waals surface area contributed by atoms with Crippen LogP contribution in [-0.2, 0) is 6.42 Å². The molecule has 0 bridgehead atoms. The third-order valence-electron chi connectivity index (χ3n) is 3.54. The van der Waals surface area contributed by atoms with E-state index in [0.29, 0.717) is 11.4 Å². The minimum atomic E-state index is 0.237. The molecule has 2 rings (SSSR count). The van der Waals surface area contributed by atoms with Gasteiger partial charge in [0.1, 0.15) is 18.4 Å². The third kappa shape index (κ3) is 4.81. The average molecular weight is 285 g/mol. The minimum absolute atomic E-state index is 0.237. The van der Waals surface area contributed by atoms with Gasteiger partial charge in [-0.05, 0) is 36.5 Å². The molecule has 0 spiro atoms. The van der Waals surface area contributed by atoms with Crippen molar-refractivity contribution in [1.82, 2.24) is 15.0 Å². The van der Waals surface area contributed by atoms with E-state index in [0.717, 1.165) is 24.3 Å². The van der Waals surface area contributed by atoms with Gasteiger partial charge >= 0.3 is 0 Å². The van der Waals surface area contributed by atoms with Crippen molar-refractivity contribution in [2.75, 3.05) is 0 Å². The van der Waals surface area contributed by atoms with E-state index in [4.69, 9.17) is 0 Å². The Balaban J connectivity index is 1.91. The minimum Gasteiger partial charge on any atom is -0.507 e. The number of benzene rings is 1. The first-order chi connectivity index (χ1) is 10.2. The fraction of sp³-hybridized carbons (Fsp3) is 0.471.